The number of hydrogen-bond acceptors (Lipinski definition) is 3. The summed E-state index contributed by atoms with van der Waals surface area (Å²) in [7, 11) is 0. The summed E-state index contributed by atoms with van der Waals surface area (Å²) in [6.07, 6.45) is 7.93. The molecule has 118 valence electrons. The van der Waals surface area contributed by atoms with Crippen LogP contribution in [0.1, 0.15) is 44.9 Å². The maximum absolute atomic E-state index is 12.4. The van der Waals surface area contributed by atoms with Crippen molar-refractivity contribution in [1.82, 2.24) is 15.1 Å². The van der Waals surface area contributed by atoms with E-state index in [0.717, 1.165) is 58.3 Å². The van der Waals surface area contributed by atoms with E-state index in [9.17, 15) is 9.59 Å². The van der Waals surface area contributed by atoms with Crippen LogP contribution >= 0.6 is 0 Å². The van der Waals surface area contributed by atoms with E-state index in [2.05, 4.69) is 10.2 Å². The molecule has 0 aromatic carbocycles. The van der Waals surface area contributed by atoms with Gasteiger partial charge in [-0.25, -0.2) is 0 Å². The topological polar surface area (TPSA) is 52.7 Å². The maximum Gasteiger partial charge on any atom is 0.236 e. The van der Waals surface area contributed by atoms with Crippen LogP contribution in [0.15, 0.2) is 0 Å². The van der Waals surface area contributed by atoms with Crippen LogP contribution in [0.25, 0.3) is 0 Å². The summed E-state index contributed by atoms with van der Waals surface area (Å²) in [4.78, 5) is 28.6. The molecular formula is C16H27N3O2. The highest BCUT2D eigenvalue weighted by atomic mass is 16.2. The molecule has 0 bridgehead atoms. The Bertz CT molecular complexity index is 387. The van der Waals surface area contributed by atoms with E-state index in [-0.39, 0.29) is 17.7 Å². The summed E-state index contributed by atoms with van der Waals surface area (Å²) in [6.45, 7) is 3.95. The zero-order valence-electron chi connectivity index (χ0n) is 12.9. The van der Waals surface area contributed by atoms with E-state index in [1.54, 1.807) is 0 Å². The first-order chi connectivity index (χ1) is 10.2. The van der Waals surface area contributed by atoms with Crippen molar-refractivity contribution in [1.29, 1.82) is 0 Å². The normalized spacial score (nSPS) is 27.4. The fourth-order valence-corrected chi connectivity index (χ4v) is 3.35. The van der Waals surface area contributed by atoms with Gasteiger partial charge < -0.3 is 10.2 Å². The number of carbonyl (C=O) groups is 2. The van der Waals surface area contributed by atoms with Crippen LogP contribution in [-0.2, 0) is 9.59 Å². The van der Waals surface area contributed by atoms with Gasteiger partial charge in [0.15, 0.2) is 0 Å². The molecule has 0 spiro atoms. The highest BCUT2D eigenvalue weighted by Gasteiger charge is 2.33. The molecule has 0 radical (unpaired) electrons. The van der Waals surface area contributed by atoms with Crippen molar-refractivity contribution in [2.45, 2.75) is 51.0 Å². The highest BCUT2D eigenvalue weighted by molar-refractivity contribution is 5.81. The van der Waals surface area contributed by atoms with E-state index in [4.69, 9.17) is 0 Å². The van der Waals surface area contributed by atoms with Gasteiger partial charge in [0.25, 0.3) is 0 Å². The quantitative estimate of drug-likeness (QED) is 0.841. The number of carbonyl (C=O) groups excluding carboxylic acids is 2. The Morgan fingerprint density at radius 2 is 1.67 bits per heavy atom. The molecule has 2 saturated heterocycles. The third-order valence-corrected chi connectivity index (χ3v) is 4.88. The first kappa shape index (κ1) is 14.8. The van der Waals surface area contributed by atoms with E-state index >= 15 is 0 Å². The van der Waals surface area contributed by atoms with Crippen LogP contribution in [0, 0.1) is 5.92 Å². The van der Waals surface area contributed by atoms with Gasteiger partial charge >= 0.3 is 0 Å². The summed E-state index contributed by atoms with van der Waals surface area (Å²) in [5.41, 5.74) is 0. The SMILES string of the molecule is O=C(NC1CC1)C1CCN(CC(=O)N2CCCCCC2)C1. The predicted molar refractivity (Wildman–Crippen MR) is 80.8 cm³/mol. The average molecular weight is 293 g/mol. The van der Waals surface area contributed by atoms with Crippen molar-refractivity contribution in [2.24, 2.45) is 5.92 Å². The van der Waals surface area contributed by atoms with Gasteiger partial charge in [-0.05, 0) is 38.6 Å². The van der Waals surface area contributed by atoms with Gasteiger partial charge in [0.05, 0.1) is 12.5 Å². The Balaban J connectivity index is 1.42. The minimum atomic E-state index is 0.0857. The van der Waals surface area contributed by atoms with Crippen molar-refractivity contribution in [2.75, 3.05) is 32.7 Å². The van der Waals surface area contributed by atoms with Crippen molar-refractivity contribution in [3.63, 3.8) is 0 Å². The molecule has 0 aromatic rings. The van der Waals surface area contributed by atoms with Crippen LogP contribution in [0.2, 0.25) is 0 Å². The van der Waals surface area contributed by atoms with Crippen molar-refractivity contribution in [3.05, 3.63) is 0 Å². The Morgan fingerprint density at radius 3 is 2.33 bits per heavy atom. The lowest BCUT2D eigenvalue weighted by molar-refractivity contribution is -0.132. The summed E-state index contributed by atoms with van der Waals surface area (Å²) >= 11 is 0. The number of amides is 2. The molecule has 3 aliphatic rings. The van der Waals surface area contributed by atoms with Gasteiger partial charge in [0, 0.05) is 25.7 Å². The second kappa shape index (κ2) is 6.77. The minimum absolute atomic E-state index is 0.0857. The second-order valence-corrected chi connectivity index (χ2v) is 6.80. The third kappa shape index (κ3) is 4.19. The minimum Gasteiger partial charge on any atom is -0.353 e. The standard InChI is InChI=1S/C16H27N3O2/c20-15(19-8-3-1-2-4-9-19)12-18-10-7-13(11-18)16(21)17-14-5-6-14/h13-14H,1-12H2,(H,17,21). The van der Waals surface area contributed by atoms with E-state index in [1.807, 2.05) is 4.90 Å². The van der Waals surface area contributed by atoms with Gasteiger partial charge in [-0.2, -0.15) is 0 Å². The summed E-state index contributed by atoms with van der Waals surface area (Å²) in [6, 6.07) is 0.435. The molecule has 5 nitrogen and oxygen atoms in total. The summed E-state index contributed by atoms with van der Waals surface area (Å²) in [5, 5.41) is 3.08. The highest BCUT2D eigenvalue weighted by Crippen LogP contribution is 2.22. The van der Waals surface area contributed by atoms with Gasteiger partial charge in [-0.1, -0.05) is 12.8 Å². The molecule has 3 fully saturated rings. The first-order valence-corrected chi connectivity index (χ1v) is 8.53. The van der Waals surface area contributed by atoms with Crippen LogP contribution in [0.5, 0.6) is 0 Å². The Labute approximate surface area is 127 Å². The predicted octanol–water partition coefficient (Wildman–Crippen LogP) is 0.989. The number of likely N-dealkylation sites (tertiary alicyclic amines) is 2. The fourth-order valence-electron chi connectivity index (χ4n) is 3.35. The average Bonchev–Trinajstić information content (AvgIpc) is 3.22. The van der Waals surface area contributed by atoms with Crippen LogP contribution in [0.3, 0.4) is 0 Å². The number of nitrogens with zero attached hydrogens (tertiary/aromatic N) is 2. The summed E-state index contributed by atoms with van der Waals surface area (Å²) in [5.74, 6) is 0.532. The van der Waals surface area contributed by atoms with Gasteiger partial charge in [-0.15, -0.1) is 0 Å². The molecule has 1 unspecified atom stereocenters. The van der Waals surface area contributed by atoms with Crippen molar-refractivity contribution in [3.8, 4) is 0 Å². The zero-order valence-corrected chi connectivity index (χ0v) is 12.9. The molecule has 21 heavy (non-hydrogen) atoms. The Kier molecular flexibility index (Phi) is 4.78. The monoisotopic (exact) mass is 293 g/mol. The van der Waals surface area contributed by atoms with E-state index < -0.39 is 0 Å². The molecule has 0 aromatic heterocycles. The fraction of sp³-hybridized carbons (Fsp3) is 0.875. The van der Waals surface area contributed by atoms with Gasteiger partial charge in [0.2, 0.25) is 11.8 Å². The molecule has 1 atom stereocenters. The molecule has 3 rings (SSSR count). The molecule has 2 aliphatic heterocycles. The second-order valence-electron chi connectivity index (χ2n) is 6.80. The van der Waals surface area contributed by atoms with Crippen LogP contribution in [-0.4, -0.2) is 60.4 Å². The third-order valence-electron chi connectivity index (χ3n) is 4.88. The maximum atomic E-state index is 12.4. The lowest BCUT2D eigenvalue weighted by Crippen LogP contribution is -2.41. The summed E-state index contributed by atoms with van der Waals surface area (Å²) < 4.78 is 0. The lowest BCUT2D eigenvalue weighted by Gasteiger charge is -2.23. The molecule has 2 heterocycles. The molecule has 2 amide bonds. The molecule has 1 saturated carbocycles. The molecular weight excluding hydrogens is 266 g/mol. The molecule has 1 N–H and O–H groups in total. The Hall–Kier alpha value is -1.10. The number of rotatable bonds is 4. The number of nitrogens with one attached hydrogen (secondary N) is 1. The van der Waals surface area contributed by atoms with Crippen LogP contribution in [0.4, 0.5) is 0 Å². The van der Waals surface area contributed by atoms with Crippen LogP contribution < -0.4 is 5.32 Å². The van der Waals surface area contributed by atoms with E-state index in [0.29, 0.717) is 12.6 Å². The first-order valence-electron chi connectivity index (χ1n) is 8.53. The molecule has 1 aliphatic carbocycles. The van der Waals surface area contributed by atoms with Crippen molar-refractivity contribution >= 4 is 11.8 Å². The largest absolute Gasteiger partial charge is 0.353 e. The lowest BCUT2D eigenvalue weighted by atomic mass is 10.1. The molecule has 5 heteroatoms. The Morgan fingerprint density at radius 1 is 0.952 bits per heavy atom. The number of hydrogen-bond donors (Lipinski definition) is 1. The van der Waals surface area contributed by atoms with Crippen molar-refractivity contribution < 1.29 is 9.59 Å². The van der Waals surface area contributed by atoms with E-state index in [1.165, 1.54) is 12.8 Å². The van der Waals surface area contributed by atoms with Gasteiger partial charge in [-0.3, -0.25) is 14.5 Å². The van der Waals surface area contributed by atoms with Gasteiger partial charge in [0.1, 0.15) is 0 Å². The smallest absolute Gasteiger partial charge is 0.236 e. The zero-order chi connectivity index (χ0) is 14.7.